The van der Waals surface area contributed by atoms with Crippen molar-refractivity contribution in [1.29, 1.82) is 0 Å². The van der Waals surface area contributed by atoms with Gasteiger partial charge in [-0.25, -0.2) is 0 Å². The Kier molecular flexibility index (Phi) is 3.72. The summed E-state index contributed by atoms with van der Waals surface area (Å²) in [5, 5.41) is 0.679. The second-order valence-electron chi connectivity index (χ2n) is 6.22. The lowest BCUT2D eigenvalue weighted by Gasteiger charge is -2.22. The van der Waals surface area contributed by atoms with Crippen LogP contribution in [0.5, 0.6) is 5.75 Å². The van der Waals surface area contributed by atoms with Crippen molar-refractivity contribution in [2.75, 3.05) is 6.61 Å². The molecule has 2 aliphatic rings. The molecule has 3 unspecified atom stereocenters. The molecule has 1 aromatic rings. The molecule has 0 aromatic heterocycles. The van der Waals surface area contributed by atoms with Gasteiger partial charge in [-0.2, -0.15) is 0 Å². The fourth-order valence-corrected chi connectivity index (χ4v) is 3.94. The minimum absolute atomic E-state index is 0.0112. The number of fused-ring (bicyclic) bond motifs is 2. The van der Waals surface area contributed by atoms with Crippen LogP contribution in [0.2, 0.25) is 5.02 Å². The fourth-order valence-electron chi connectivity index (χ4n) is 3.69. The molecule has 4 atom stereocenters. The molecule has 0 saturated heterocycles. The summed E-state index contributed by atoms with van der Waals surface area (Å²) in [5.74, 6) is 3.40. The van der Waals surface area contributed by atoms with Crippen LogP contribution in [0.1, 0.15) is 44.2 Å². The number of rotatable bonds is 4. The zero-order valence-corrected chi connectivity index (χ0v) is 12.2. The maximum atomic E-state index is 6.26. The first-order chi connectivity index (χ1) is 9.13. The Morgan fingerprint density at radius 2 is 2.21 bits per heavy atom. The van der Waals surface area contributed by atoms with Gasteiger partial charge in [-0.3, -0.25) is 0 Å². The van der Waals surface area contributed by atoms with Crippen LogP contribution in [0.25, 0.3) is 0 Å². The Morgan fingerprint density at radius 1 is 1.37 bits per heavy atom. The van der Waals surface area contributed by atoms with Gasteiger partial charge in [-0.05, 0) is 61.6 Å². The Labute approximate surface area is 120 Å². The summed E-state index contributed by atoms with van der Waals surface area (Å²) in [7, 11) is 0. The molecule has 2 bridgehead atoms. The molecule has 2 saturated carbocycles. The molecule has 0 amide bonds. The zero-order valence-electron chi connectivity index (χ0n) is 11.4. The smallest absolute Gasteiger partial charge is 0.137 e. The summed E-state index contributed by atoms with van der Waals surface area (Å²) in [4.78, 5) is 0. The van der Waals surface area contributed by atoms with Gasteiger partial charge < -0.3 is 10.5 Å². The molecular formula is C16H22ClNO. The summed E-state index contributed by atoms with van der Waals surface area (Å²) < 4.78 is 5.94. The van der Waals surface area contributed by atoms with Crippen LogP contribution in [0, 0.1) is 17.8 Å². The normalized spacial score (nSPS) is 30.6. The predicted octanol–water partition coefficient (Wildman–Crippen LogP) is 4.17. The van der Waals surface area contributed by atoms with Crippen molar-refractivity contribution >= 4 is 11.6 Å². The molecule has 3 heteroatoms. The standard InChI is InChI=1S/C16H22ClNO/c1-10(18)12-4-5-16(15(17)8-12)19-9-14-7-11-2-3-13(14)6-11/h4-5,8,10-11,13-14H,2-3,6-7,9,18H2,1H3/t10-,11?,13?,14?/m0/s1. The Morgan fingerprint density at radius 3 is 2.79 bits per heavy atom. The Bertz CT molecular complexity index is 460. The van der Waals surface area contributed by atoms with E-state index in [1.54, 1.807) is 0 Å². The maximum absolute atomic E-state index is 6.26. The highest BCUT2D eigenvalue weighted by Gasteiger charge is 2.39. The van der Waals surface area contributed by atoms with E-state index in [0.717, 1.165) is 35.7 Å². The number of halogens is 1. The summed E-state index contributed by atoms with van der Waals surface area (Å²) in [6.07, 6.45) is 5.60. The Hall–Kier alpha value is -0.730. The maximum Gasteiger partial charge on any atom is 0.137 e. The average Bonchev–Trinajstić information content (AvgIpc) is 2.99. The third-order valence-corrected chi connectivity index (χ3v) is 5.11. The molecule has 104 valence electrons. The van der Waals surface area contributed by atoms with E-state index in [1.165, 1.54) is 25.7 Å². The molecule has 2 aliphatic carbocycles. The monoisotopic (exact) mass is 279 g/mol. The summed E-state index contributed by atoms with van der Waals surface area (Å²) in [6, 6.07) is 5.89. The van der Waals surface area contributed by atoms with Crippen LogP contribution < -0.4 is 10.5 Å². The van der Waals surface area contributed by atoms with E-state index in [9.17, 15) is 0 Å². The molecule has 2 N–H and O–H groups in total. The van der Waals surface area contributed by atoms with Gasteiger partial charge in [0.2, 0.25) is 0 Å². The first-order valence-corrected chi connectivity index (χ1v) is 7.69. The predicted molar refractivity (Wildman–Crippen MR) is 78.5 cm³/mol. The molecule has 0 spiro atoms. The second kappa shape index (κ2) is 5.34. The fraction of sp³-hybridized carbons (Fsp3) is 0.625. The van der Waals surface area contributed by atoms with Crippen molar-refractivity contribution in [2.45, 2.75) is 38.6 Å². The molecule has 2 nitrogen and oxygen atoms in total. The van der Waals surface area contributed by atoms with Crippen molar-refractivity contribution in [3.05, 3.63) is 28.8 Å². The van der Waals surface area contributed by atoms with Crippen molar-refractivity contribution in [2.24, 2.45) is 23.5 Å². The van der Waals surface area contributed by atoms with Crippen molar-refractivity contribution in [3.63, 3.8) is 0 Å². The number of hydrogen-bond acceptors (Lipinski definition) is 2. The van der Waals surface area contributed by atoms with E-state index in [0.29, 0.717) is 5.02 Å². The van der Waals surface area contributed by atoms with E-state index in [4.69, 9.17) is 22.1 Å². The van der Waals surface area contributed by atoms with Crippen LogP contribution in [-0.2, 0) is 0 Å². The quantitative estimate of drug-likeness (QED) is 0.897. The third kappa shape index (κ3) is 2.75. The van der Waals surface area contributed by atoms with Crippen molar-refractivity contribution in [1.82, 2.24) is 0 Å². The molecule has 3 rings (SSSR count). The van der Waals surface area contributed by atoms with E-state index in [2.05, 4.69) is 0 Å². The van der Waals surface area contributed by atoms with E-state index < -0.39 is 0 Å². The zero-order chi connectivity index (χ0) is 13.4. The summed E-state index contributed by atoms with van der Waals surface area (Å²) in [6.45, 7) is 2.78. The molecular weight excluding hydrogens is 258 g/mol. The lowest BCUT2D eigenvalue weighted by molar-refractivity contribution is 0.195. The van der Waals surface area contributed by atoms with Crippen LogP contribution in [0.15, 0.2) is 18.2 Å². The van der Waals surface area contributed by atoms with Crippen LogP contribution in [0.4, 0.5) is 0 Å². The number of ether oxygens (including phenoxy) is 1. The SMILES string of the molecule is C[C@H](N)c1ccc(OCC2CC3CCC2C3)c(Cl)c1. The first kappa shape index (κ1) is 13.3. The average molecular weight is 280 g/mol. The highest BCUT2D eigenvalue weighted by atomic mass is 35.5. The van der Waals surface area contributed by atoms with Gasteiger partial charge in [0.05, 0.1) is 11.6 Å². The molecule has 2 fully saturated rings. The van der Waals surface area contributed by atoms with Gasteiger partial charge in [0, 0.05) is 6.04 Å². The van der Waals surface area contributed by atoms with Gasteiger partial charge in [0.15, 0.2) is 0 Å². The van der Waals surface area contributed by atoms with Gasteiger partial charge >= 0.3 is 0 Å². The minimum atomic E-state index is 0.0112. The van der Waals surface area contributed by atoms with Gasteiger partial charge in [-0.1, -0.05) is 24.1 Å². The molecule has 0 radical (unpaired) electrons. The highest BCUT2D eigenvalue weighted by molar-refractivity contribution is 6.32. The number of benzene rings is 1. The summed E-state index contributed by atoms with van der Waals surface area (Å²) in [5.41, 5.74) is 6.90. The van der Waals surface area contributed by atoms with E-state index in [-0.39, 0.29) is 6.04 Å². The van der Waals surface area contributed by atoms with Crippen molar-refractivity contribution in [3.8, 4) is 5.75 Å². The van der Waals surface area contributed by atoms with Crippen LogP contribution in [0.3, 0.4) is 0 Å². The lowest BCUT2D eigenvalue weighted by Crippen LogP contribution is -2.18. The number of hydrogen-bond donors (Lipinski definition) is 1. The molecule has 19 heavy (non-hydrogen) atoms. The Balaban J connectivity index is 1.61. The highest BCUT2D eigenvalue weighted by Crippen LogP contribution is 2.48. The van der Waals surface area contributed by atoms with Gasteiger partial charge in [0.25, 0.3) is 0 Å². The third-order valence-electron chi connectivity index (χ3n) is 4.82. The van der Waals surface area contributed by atoms with E-state index >= 15 is 0 Å². The van der Waals surface area contributed by atoms with Gasteiger partial charge in [-0.15, -0.1) is 0 Å². The van der Waals surface area contributed by atoms with E-state index in [1.807, 2.05) is 25.1 Å². The second-order valence-corrected chi connectivity index (χ2v) is 6.63. The minimum Gasteiger partial charge on any atom is -0.492 e. The number of nitrogens with two attached hydrogens (primary N) is 1. The lowest BCUT2D eigenvalue weighted by atomic mass is 9.89. The summed E-state index contributed by atoms with van der Waals surface area (Å²) >= 11 is 6.26. The van der Waals surface area contributed by atoms with Gasteiger partial charge in [0.1, 0.15) is 5.75 Å². The van der Waals surface area contributed by atoms with Crippen LogP contribution >= 0.6 is 11.6 Å². The first-order valence-electron chi connectivity index (χ1n) is 7.31. The largest absolute Gasteiger partial charge is 0.492 e. The molecule has 0 heterocycles. The van der Waals surface area contributed by atoms with Crippen LogP contribution in [-0.4, -0.2) is 6.61 Å². The van der Waals surface area contributed by atoms with Crippen molar-refractivity contribution < 1.29 is 4.74 Å². The molecule has 0 aliphatic heterocycles. The molecule has 1 aromatic carbocycles. The topological polar surface area (TPSA) is 35.2 Å².